The lowest BCUT2D eigenvalue weighted by Crippen LogP contribution is -1.99. The van der Waals surface area contributed by atoms with Gasteiger partial charge in [0.1, 0.15) is 5.75 Å². The lowest BCUT2D eigenvalue weighted by molar-refractivity contribution is 0.385. The Balaban J connectivity index is 0.000000149. The molecule has 1 fully saturated rings. The molecule has 0 bridgehead atoms. The van der Waals surface area contributed by atoms with Gasteiger partial charge in [0.05, 0.1) is 0 Å². The third-order valence-electron chi connectivity index (χ3n) is 3.63. The summed E-state index contributed by atoms with van der Waals surface area (Å²) in [6, 6.07) is 13.3. The molecule has 3 rings (SSSR count). The van der Waals surface area contributed by atoms with Crippen LogP contribution in [0.1, 0.15) is 39.0 Å². The molecule has 1 aliphatic carbocycles. The van der Waals surface area contributed by atoms with Crippen molar-refractivity contribution < 1.29 is 5.11 Å². The molecule has 0 saturated heterocycles. The summed E-state index contributed by atoms with van der Waals surface area (Å²) in [7, 11) is 0. The molecule has 1 saturated carbocycles. The van der Waals surface area contributed by atoms with Crippen LogP contribution >= 0.6 is 0 Å². The maximum atomic E-state index is 9.13. The minimum absolute atomic E-state index is 0.323. The minimum Gasteiger partial charge on any atom is -0.508 e. The van der Waals surface area contributed by atoms with Crippen LogP contribution in [-0.4, -0.2) is 5.11 Å². The molecule has 18 heavy (non-hydrogen) atoms. The predicted octanol–water partition coefficient (Wildman–Crippen LogP) is 5.13. The van der Waals surface area contributed by atoms with E-state index >= 15 is 0 Å². The Morgan fingerprint density at radius 3 is 2.17 bits per heavy atom. The van der Waals surface area contributed by atoms with E-state index in [0.29, 0.717) is 5.75 Å². The monoisotopic (exact) mass is 242 g/mol. The van der Waals surface area contributed by atoms with Crippen LogP contribution in [0, 0.1) is 5.92 Å². The summed E-state index contributed by atoms with van der Waals surface area (Å²) >= 11 is 0. The molecule has 0 heterocycles. The van der Waals surface area contributed by atoms with Gasteiger partial charge in [0.15, 0.2) is 0 Å². The van der Waals surface area contributed by atoms with Crippen molar-refractivity contribution in [2.45, 2.75) is 39.0 Å². The van der Waals surface area contributed by atoms with Crippen molar-refractivity contribution in [1.29, 1.82) is 0 Å². The summed E-state index contributed by atoms with van der Waals surface area (Å²) in [6.07, 6.45) is 7.44. The fourth-order valence-corrected chi connectivity index (χ4v) is 2.48. The Morgan fingerprint density at radius 1 is 0.889 bits per heavy atom. The van der Waals surface area contributed by atoms with E-state index in [-0.39, 0.29) is 0 Å². The zero-order valence-corrected chi connectivity index (χ0v) is 11.1. The number of fused-ring (bicyclic) bond motifs is 1. The van der Waals surface area contributed by atoms with E-state index < -0.39 is 0 Å². The molecule has 2 aromatic rings. The highest BCUT2D eigenvalue weighted by molar-refractivity contribution is 5.83. The number of hydrogen-bond acceptors (Lipinski definition) is 1. The molecular weight excluding hydrogens is 220 g/mol. The molecule has 2 aromatic carbocycles. The highest BCUT2D eigenvalue weighted by atomic mass is 16.3. The van der Waals surface area contributed by atoms with Crippen molar-refractivity contribution in [2.75, 3.05) is 0 Å². The van der Waals surface area contributed by atoms with Gasteiger partial charge < -0.3 is 5.11 Å². The van der Waals surface area contributed by atoms with E-state index in [1.165, 1.54) is 32.1 Å². The summed E-state index contributed by atoms with van der Waals surface area (Å²) in [5.41, 5.74) is 0. The summed E-state index contributed by atoms with van der Waals surface area (Å²) in [4.78, 5) is 0. The normalized spacial score (nSPS) is 16.1. The van der Waals surface area contributed by atoms with Crippen LogP contribution in [0.5, 0.6) is 5.75 Å². The number of phenols is 1. The smallest absolute Gasteiger partial charge is 0.116 e. The molecule has 1 N–H and O–H groups in total. The summed E-state index contributed by atoms with van der Waals surface area (Å²) in [5, 5.41) is 11.4. The minimum atomic E-state index is 0.323. The van der Waals surface area contributed by atoms with Crippen molar-refractivity contribution in [3.8, 4) is 5.75 Å². The second-order valence-electron chi connectivity index (χ2n) is 5.27. The maximum Gasteiger partial charge on any atom is 0.116 e. The Morgan fingerprint density at radius 2 is 1.56 bits per heavy atom. The number of rotatable bonds is 0. The number of benzene rings is 2. The molecule has 0 aliphatic heterocycles. The van der Waals surface area contributed by atoms with E-state index in [2.05, 4.69) is 6.92 Å². The Kier molecular flexibility index (Phi) is 4.63. The SMILES string of the molecule is CC1CCCCC1.Oc1ccc2ccccc2c1. The first-order valence-electron chi connectivity index (χ1n) is 6.93. The fourth-order valence-electron chi connectivity index (χ4n) is 2.48. The van der Waals surface area contributed by atoms with Crippen LogP contribution < -0.4 is 0 Å². The standard InChI is InChI=1S/C10H8O.C7H14/c11-10-6-5-8-3-1-2-4-9(8)7-10;1-7-5-3-2-4-6-7/h1-7,11H;7H,2-6H2,1H3. The topological polar surface area (TPSA) is 20.2 Å². The van der Waals surface area contributed by atoms with Crippen LogP contribution in [0.4, 0.5) is 0 Å². The van der Waals surface area contributed by atoms with Crippen molar-refractivity contribution in [3.63, 3.8) is 0 Å². The third-order valence-corrected chi connectivity index (χ3v) is 3.63. The molecule has 1 aliphatic rings. The molecule has 96 valence electrons. The molecule has 0 atom stereocenters. The zero-order chi connectivity index (χ0) is 12.8. The first kappa shape index (κ1) is 12.9. The zero-order valence-electron chi connectivity index (χ0n) is 11.1. The van der Waals surface area contributed by atoms with E-state index in [9.17, 15) is 0 Å². The fraction of sp³-hybridized carbons (Fsp3) is 0.412. The van der Waals surface area contributed by atoms with Gasteiger partial charge in [-0.3, -0.25) is 0 Å². The molecular formula is C17H22O. The van der Waals surface area contributed by atoms with Crippen LogP contribution in [0.25, 0.3) is 10.8 Å². The van der Waals surface area contributed by atoms with Crippen molar-refractivity contribution in [1.82, 2.24) is 0 Å². The van der Waals surface area contributed by atoms with Gasteiger partial charge in [0.2, 0.25) is 0 Å². The van der Waals surface area contributed by atoms with Gasteiger partial charge in [-0.2, -0.15) is 0 Å². The van der Waals surface area contributed by atoms with Gasteiger partial charge in [0.25, 0.3) is 0 Å². The predicted molar refractivity (Wildman–Crippen MR) is 77.9 cm³/mol. The molecule has 1 heteroatoms. The van der Waals surface area contributed by atoms with Gasteiger partial charge in [-0.15, -0.1) is 0 Å². The second-order valence-corrected chi connectivity index (χ2v) is 5.27. The number of phenolic OH excluding ortho intramolecular Hbond substituents is 1. The third kappa shape index (κ3) is 3.76. The van der Waals surface area contributed by atoms with E-state index in [1.807, 2.05) is 30.3 Å². The summed E-state index contributed by atoms with van der Waals surface area (Å²) in [5.74, 6) is 1.36. The maximum absolute atomic E-state index is 9.13. The summed E-state index contributed by atoms with van der Waals surface area (Å²) < 4.78 is 0. The highest BCUT2D eigenvalue weighted by Crippen LogP contribution is 2.22. The Labute approximate surface area is 109 Å². The van der Waals surface area contributed by atoms with E-state index in [4.69, 9.17) is 5.11 Å². The molecule has 0 unspecified atom stereocenters. The Bertz CT molecular complexity index is 484. The number of hydrogen-bond donors (Lipinski definition) is 1. The lowest BCUT2D eigenvalue weighted by atomic mass is 9.91. The Hall–Kier alpha value is -1.50. The van der Waals surface area contributed by atoms with Crippen LogP contribution in [0.3, 0.4) is 0 Å². The molecule has 0 aromatic heterocycles. The average molecular weight is 242 g/mol. The van der Waals surface area contributed by atoms with Crippen molar-refractivity contribution >= 4 is 10.8 Å². The quantitative estimate of drug-likeness (QED) is 0.678. The molecule has 0 amide bonds. The van der Waals surface area contributed by atoms with Crippen LogP contribution in [0.2, 0.25) is 0 Å². The molecule has 0 radical (unpaired) electrons. The first-order chi connectivity index (χ1) is 8.75. The highest BCUT2D eigenvalue weighted by Gasteiger charge is 2.05. The van der Waals surface area contributed by atoms with E-state index in [0.717, 1.165) is 16.7 Å². The van der Waals surface area contributed by atoms with Gasteiger partial charge >= 0.3 is 0 Å². The number of aromatic hydroxyl groups is 1. The molecule has 1 nitrogen and oxygen atoms in total. The second kappa shape index (κ2) is 6.44. The first-order valence-corrected chi connectivity index (χ1v) is 6.93. The van der Waals surface area contributed by atoms with Gasteiger partial charge in [-0.1, -0.05) is 69.4 Å². The van der Waals surface area contributed by atoms with Crippen molar-refractivity contribution in [2.24, 2.45) is 5.92 Å². The van der Waals surface area contributed by atoms with Crippen LogP contribution in [-0.2, 0) is 0 Å². The summed E-state index contributed by atoms with van der Waals surface area (Å²) in [6.45, 7) is 2.36. The van der Waals surface area contributed by atoms with Gasteiger partial charge in [0, 0.05) is 0 Å². The van der Waals surface area contributed by atoms with Crippen LogP contribution in [0.15, 0.2) is 42.5 Å². The van der Waals surface area contributed by atoms with E-state index in [1.54, 1.807) is 12.1 Å². The van der Waals surface area contributed by atoms with Gasteiger partial charge in [-0.05, 0) is 28.8 Å². The molecule has 0 spiro atoms. The lowest BCUT2D eigenvalue weighted by Gasteiger charge is -2.15. The largest absolute Gasteiger partial charge is 0.508 e. The average Bonchev–Trinajstić information content (AvgIpc) is 2.40. The van der Waals surface area contributed by atoms with Crippen molar-refractivity contribution in [3.05, 3.63) is 42.5 Å². The van der Waals surface area contributed by atoms with Gasteiger partial charge in [-0.25, -0.2) is 0 Å².